The van der Waals surface area contributed by atoms with Gasteiger partial charge in [0.2, 0.25) is 10.0 Å². The van der Waals surface area contributed by atoms with Crippen molar-refractivity contribution in [3.8, 4) is 5.75 Å². The van der Waals surface area contributed by atoms with E-state index >= 15 is 0 Å². The summed E-state index contributed by atoms with van der Waals surface area (Å²) in [4.78, 5) is 0.402. The highest BCUT2D eigenvalue weighted by Gasteiger charge is 2.33. The van der Waals surface area contributed by atoms with E-state index in [1.807, 2.05) is 20.8 Å². The predicted octanol–water partition coefficient (Wildman–Crippen LogP) is 2.49. The molecule has 0 bridgehead atoms. The Hall–Kier alpha value is -1.07. The van der Waals surface area contributed by atoms with Gasteiger partial charge in [0.25, 0.3) is 0 Å². The molecular formula is C14H21NO3S. The van der Waals surface area contributed by atoms with Crippen LogP contribution in [-0.2, 0) is 10.0 Å². The summed E-state index contributed by atoms with van der Waals surface area (Å²) in [6, 6.07) is 3.60. The molecule has 0 aromatic heterocycles. The Kier molecular flexibility index (Phi) is 3.87. The lowest BCUT2D eigenvalue weighted by Gasteiger charge is -2.22. The minimum absolute atomic E-state index is 0.0896. The van der Waals surface area contributed by atoms with Crippen LogP contribution in [0, 0.1) is 13.8 Å². The first-order chi connectivity index (χ1) is 8.87. The first-order valence-corrected chi connectivity index (χ1v) is 7.99. The number of nitrogens with zero attached hydrogens (tertiary/aromatic N) is 1. The molecule has 1 unspecified atom stereocenters. The SMILES string of the molecule is COc1cc(C)c(S(=O)(=O)N2CCCC2C)cc1C. The lowest BCUT2D eigenvalue weighted by Crippen LogP contribution is -2.34. The molecule has 0 N–H and O–H groups in total. The molecule has 106 valence electrons. The van der Waals surface area contributed by atoms with E-state index in [1.165, 1.54) is 0 Å². The van der Waals surface area contributed by atoms with Gasteiger partial charge < -0.3 is 4.74 Å². The number of benzene rings is 1. The van der Waals surface area contributed by atoms with Gasteiger partial charge in [0.1, 0.15) is 5.75 Å². The second-order valence-electron chi connectivity index (χ2n) is 5.19. The van der Waals surface area contributed by atoms with E-state index in [-0.39, 0.29) is 6.04 Å². The zero-order chi connectivity index (χ0) is 14.2. The van der Waals surface area contributed by atoms with E-state index in [1.54, 1.807) is 23.5 Å². The summed E-state index contributed by atoms with van der Waals surface area (Å²) < 4.78 is 32.2. The van der Waals surface area contributed by atoms with E-state index in [4.69, 9.17) is 4.74 Å². The summed E-state index contributed by atoms with van der Waals surface area (Å²) in [7, 11) is -1.79. The zero-order valence-electron chi connectivity index (χ0n) is 11.9. The molecule has 0 radical (unpaired) electrons. The largest absolute Gasteiger partial charge is 0.496 e. The van der Waals surface area contributed by atoms with Crippen molar-refractivity contribution in [2.24, 2.45) is 0 Å². The topological polar surface area (TPSA) is 46.6 Å². The van der Waals surface area contributed by atoms with E-state index in [0.29, 0.717) is 11.4 Å². The third-order valence-electron chi connectivity index (χ3n) is 3.77. The van der Waals surface area contributed by atoms with Gasteiger partial charge in [-0.1, -0.05) is 0 Å². The van der Waals surface area contributed by atoms with E-state index in [9.17, 15) is 8.42 Å². The Morgan fingerprint density at radius 2 is 1.95 bits per heavy atom. The van der Waals surface area contributed by atoms with Crippen molar-refractivity contribution in [3.05, 3.63) is 23.3 Å². The molecule has 19 heavy (non-hydrogen) atoms. The van der Waals surface area contributed by atoms with Gasteiger partial charge in [0.05, 0.1) is 12.0 Å². The molecule has 1 fully saturated rings. The fraction of sp³-hybridized carbons (Fsp3) is 0.571. The molecule has 1 aromatic rings. The minimum Gasteiger partial charge on any atom is -0.496 e. The van der Waals surface area contributed by atoms with Crippen LogP contribution in [0.15, 0.2) is 17.0 Å². The molecule has 1 heterocycles. The van der Waals surface area contributed by atoms with Crippen molar-refractivity contribution in [2.45, 2.75) is 44.6 Å². The Bertz CT molecular complexity index is 581. The molecule has 1 aromatic carbocycles. The average molecular weight is 283 g/mol. The molecule has 4 nitrogen and oxygen atoms in total. The third-order valence-corrected chi connectivity index (χ3v) is 5.93. The summed E-state index contributed by atoms with van der Waals surface area (Å²) in [5.74, 6) is 0.728. The van der Waals surface area contributed by atoms with Gasteiger partial charge in [-0.15, -0.1) is 0 Å². The second kappa shape index (κ2) is 5.13. The van der Waals surface area contributed by atoms with Crippen LogP contribution in [0.2, 0.25) is 0 Å². The molecule has 0 amide bonds. The molecule has 0 spiro atoms. The third kappa shape index (κ3) is 2.49. The highest BCUT2D eigenvalue weighted by atomic mass is 32.2. The standard InChI is InChI=1S/C14H21NO3S/c1-10-9-14(11(2)8-13(10)18-4)19(16,17)15-7-5-6-12(15)3/h8-9,12H,5-7H2,1-4H3. The zero-order valence-corrected chi connectivity index (χ0v) is 12.8. The highest BCUT2D eigenvalue weighted by Crippen LogP contribution is 2.31. The highest BCUT2D eigenvalue weighted by molar-refractivity contribution is 7.89. The van der Waals surface area contributed by atoms with Gasteiger partial charge in [-0.05, 0) is 56.9 Å². The fourth-order valence-corrected chi connectivity index (χ4v) is 4.64. The van der Waals surface area contributed by atoms with Crippen LogP contribution in [0.5, 0.6) is 5.75 Å². The molecular weight excluding hydrogens is 262 g/mol. The van der Waals surface area contributed by atoms with E-state index < -0.39 is 10.0 Å². The van der Waals surface area contributed by atoms with Crippen LogP contribution in [-0.4, -0.2) is 32.4 Å². The maximum absolute atomic E-state index is 12.7. The molecule has 2 rings (SSSR count). The number of aryl methyl sites for hydroxylation is 2. The number of hydrogen-bond acceptors (Lipinski definition) is 3. The van der Waals surface area contributed by atoms with Crippen molar-refractivity contribution in [1.29, 1.82) is 0 Å². The van der Waals surface area contributed by atoms with Crippen LogP contribution in [0.1, 0.15) is 30.9 Å². The van der Waals surface area contributed by atoms with E-state index in [2.05, 4.69) is 0 Å². The Morgan fingerprint density at radius 3 is 2.47 bits per heavy atom. The average Bonchev–Trinajstić information content (AvgIpc) is 2.78. The van der Waals surface area contributed by atoms with Crippen molar-refractivity contribution in [1.82, 2.24) is 4.31 Å². The van der Waals surface area contributed by atoms with Crippen LogP contribution >= 0.6 is 0 Å². The normalized spacial score (nSPS) is 20.7. The van der Waals surface area contributed by atoms with Crippen molar-refractivity contribution in [3.63, 3.8) is 0 Å². The summed E-state index contributed by atoms with van der Waals surface area (Å²) >= 11 is 0. The van der Waals surface area contributed by atoms with Gasteiger partial charge in [-0.2, -0.15) is 4.31 Å². The Balaban J connectivity index is 2.49. The van der Waals surface area contributed by atoms with Gasteiger partial charge in [-0.3, -0.25) is 0 Å². The molecule has 1 aliphatic rings. The van der Waals surface area contributed by atoms with Gasteiger partial charge in [-0.25, -0.2) is 8.42 Å². The maximum atomic E-state index is 12.7. The molecule has 0 aliphatic carbocycles. The molecule has 5 heteroatoms. The van der Waals surface area contributed by atoms with Crippen LogP contribution in [0.25, 0.3) is 0 Å². The number of rotatable bonds is 3. The van der Waals surface area contributed by atoms with Crippen molar-refractivity contribution >= 4 is 10.0 Å². The minimum atomic E-state index is -3.39. The Morgan fingerprint density at radius 1 is 1.26 bits per heavy atom. The van der Waals surface area contributed by atoms with Crippen LogP contribution in [0.4, 0.5) is 0 Å². The lowest BCUT2D eigenvalue weighted by molar-refractivity contribution is 0.405. The van der Waals surface area contributed by atoms with Crippen LogP contribution in [0.3, 0.4) is 0 Å². The predicted molar refractivity (Wildman–Crippen MR) is 75.1 cm³/mol. The monoisotopic (exact) mass is 283 g/mol. The Labute approximate surface area is 115 Å². The summed E-state index contributed by atoms with van der Waals surface area (Å²) in [6.45, 7) is 6.27. The molecule has 1 aliphatic heterocycles. The molecule has 1 saturated heterocycles. The molecule has 1 atom stereocenters. The molecule has 0 saturated carbocycles. The quantitative estimate of drug-likeness (QED) is 0.856. The number of ether oxygens (including phenoxy) is 1. The maximum Gasteiger partial charge on any atom is 0.243 e. The first kappa shape index (κ1) is 14.3. The van der Waals surface area contributed by atoms with Gasteiger partial charge in [0, 0.05) is 12.6 Å². The van der Waals surface area contributed by atoms with E-state index in [0.717, 1.165) is 29.7 Å². The van der Waals surface area contributed by atoms with Gasteiger partial charge >= 0.3 is 0 Å². The summed E-state index contributed by atoms with van der Waals surface area (Å²) in [5, 5.41) is 0. The first-order valence-electron chi connectivity index (χ1n) is 6.55. The van der Waals surface area contributed by atoms with Crippen molar-refractivity contribution in [2.75, 3.05) is 13.7 Å². The number of sulfonamides is 1. The van der Waals surface area contributed by atoms with Crippen LogP contribution < -0.4 is 4.74 Å². The lowest BCUT2D eigenvalue weighted by atomic mass is 10.1. The number of methoxy groups -OCH3 is 1. The fourth-order valence-electron chi connectivity index (χ4n) is 2.65. The summed E-state index contributed by atoms with van der Waals surface area (Å²) in [5.41, 5.74) is 1.58. The van der Waals surface area contributed by atoms with Gasteiger partial charge in [0.15, 0.2) is 0 Å². The smallest absolute Gasteiger partial charge is 0.243 e. The van der Waals surface area contributed by atoms with Crippen molar-refractivity contribution < 1.29 is 13.2 Å². The summed E-state index contributed by atoms with van der Waals surface area (Å²) in [6.07, 6.45) is 1.88. The second-order valence-corrected chi connectivity index (χ2v) is 7.05. The number of hydrogen-bond donors (Lipinski definition) is 0.